The molecule has 2 rings (SSSR count). The molecule has 0 aliphatic heterocycles. The summed E-state index contributed by atoms with van der Waals surface area (Å²) in [5.74, 6) is 2.31. The maximum Gasteiger partial charge on any atom is 0.279 e. The largest absolute Gasteiger partial charge is 0.497 e. The van der Waals surface area contributed by atoms with Gasteiger partial charge in [-0.2, -0.15) is 0 Å². The lowest BCUT2D eigenvalue weighted by Crippen LogP contribution is -3.10. The van der Waals surface area contributed by atoms with Crippen LogP contribution in [0.5, 0.6) is 17.2 Å². The highest BCUT2D eigenvalue weighted by atomic mass is 16.5. The SMILES string of the molecule is COc1ccc(NC(=O)C[NH+](C)CCOc2ccc(OC)cc2)cc1. The molecule has 1 amide bonds. The first kappa shape index (κ1) is 18.6. The third kappa shape index (κ3) is 6.35. The van der Waals surface area contributed by atoms with Crippen LogP contribution in [0.2, 0.25) is 0 Å². The summed E-state index contributed by atoms with van der Waals surface area (Å²) in [5.41, 5.74) is 0.757. The first-order chi connectivity index (χ1) is 12.1. The molecule has 2 N–H and O–H groups in total. The van der Waals surface area contributed by atoms with Crippen LogP contribution in [-0.4, -0.2) is 46.9 Å². The van der Waals surface area contributed by atoms with Crippen LogP contribution in [0, 0.1) is 0 Å². The Hall–Kier alpha value is -2.73. The van der Waals surface area contributed by atoms with Gasteiger partial charge in [-0.15, -0.1) is 0 Å². The molecular weight excluding hydrogens is 320 g/mol. The van der Waals surface area contributed by atoms with Crippen molar-refractivity contribution in [2.24, 2.45) is 0 Å². The molecule has 0 aliphatic rings. The van der Waals surface area contributed by atoms with Crippen molar-refractivity contribution in [2.45, 2.75) is 0 Å². The second-order valence-electron chi connectivity index (χ2n) is 5.68. The Morgan fingerprint density at radius 2 is 1.44 bits per heavy atom. The van der Waals surface area contributed by atoms with Crippen LogP contribution >= 0.6 is 0 Å². The second kappa shape index (κ2) is 9.54. The number of likely N-dealkylation sites (N-methyl/N-ethyl adjacent to an activating group) is 1. The molecule has 6 heteroatoms. The van der Waals surface area contributed by atoms with E-state index in [9.17, 15) is 4.79 Å². The van der Waals surface area contributed by atoms with Crippen LogP contribution in [0.4, 0.5) is 5.69 Å². The Kier molecular flexibility index (Phi) is 7.10. The van der Waals surface area contributed by atoms with E-state index in [0.29, 0.717) is 13.2 Å². The minimum absolute atomic E-state index is 0.0351. The Morgan fingerprint density at radius 3 is 2.00 bits per heavy atom. The highest BCUT2D eigenvalue weighted by Gasteiger charge is 2.10. The maximum atomic E-state index is 12.1. The molecule has 0 saturated heterocycles. The van der Waals surface area contributed by atoms with Gasteiger partial charge in [0.15, 0.2) is 6.54 Å². The third-order valence-electron chi connectivity index (χ3n) is 3.69. The van der Waals surface area contributed by atoms with E-state index in [0.717, 1.165) is 34.4 Å². The van der Waals surface area contributed by atoms with Crippen molar-refractivity contribution in [3.63, 3.8) is 0 Å². The van der Waals surface area contributed by atoms with E-state index in [1.807, 2.05) is 55.6 Å². The van der Waals surface area contributed by atoms with Gasteiger partial charge in [0.25, 0.3) is 5.91 Å². The molecule has 134 valence electrons. The van der Waals surface area contributed by atoms with Gasteiger partial charge in [0.05, 0.1) is 21.3 Å². The monoisotopic (exact) mass is 345 g/mol. The van der Waals surface area contributed by atoms with Gasteiger partial charge in [-0.05, 0) is 48.5 Å². The fourth-order valence-electron chi connectivity index (χ4n) is 2.26. The standard InChI is InChI=1S/C19H24N2O4/c1-21(12-13-25-18-10-8-17(24-3)9-11-18)14-19(22)20-15-4-6-16(23-2)7-5-15/h4-11H,12-14H2,1-3H3,(H,20,22)/p+1. The normalized spacial score (nSPS) is 11.5. The summed E-state index contributed by atoms with van der Waals surface area (Å²) in [4.78, 5) is 13.1. The molecule has 6 nitrogen and oxygen atoms in total. The molecule has 2 aromatic carbocycles. The molecule has 0 heterocycles. The average Bonchev–Trinajstić information content (AvgIpc) is 2.63. The van der Waals surface area contributed by atoms with Gasteiger partial charge >= 0.3 is 0 Å². The fourth-order valence-corrected chi connectivity index (χ4v) is 2.26. The summed E-state index contributed by atoms with van der Waals surface area (Å²) in [6, 6.07) is 14.7. The lowest BCUT2D eigenvalue weighted by molar-refractivity contribution is -0.871. The van der Waals surface area contributed by atoms with Gasteiger partial charge in [-0.3, -0.25) is 4.79 Å². The lowest BCUT2D eigenvalue weighted by atomic mass is 10.3. The van der Waals surface area contributed by atoms with Crippen LogP contribution in [0.3, 0.4) is 0 Å². The van der Waals surface area contributed by atoms with E-state index in [4.69, 9.17) is 14.2 Å². The van der Waals surface area contributed by atoms with Crippen LogP contribution in [0.15, 0.2) is 48.5 Å². The first-order valence-corrected chi connectivity index (χ1v) is 8.13. The van der Waals surface area contributed by atoms with Crippen molar-refractivity contribution in [2.75, 3.05) is 46.3 Å². The fraction of sp³-hybridized carbons (Fsp3) is 0.316. The summed E-state index contributed by atoms with van der Waals surface area (Å²) in [6.45, 7) is 1.63. The van der Waals surface area contributed by atoms with E-state index in [-0.39, 0.29) is 5.91 Å². The predicted molar refractivity (Wildman–Crippen MR) is 96.7 cm³/mol. The second-order valence-corrected chi connectivity index (χ2v) is 5.68. The number of nitrogens with one attached hydrogen (secondary N) is 2. The van der Waals surface area contributed by atoms with E-state index < -0.39 is 0 Å². The minimum Gasteiger partial charge on any atom is -0.497 e. The zero-order chi connectivity index (χ0) is 18.1. The molecule has 0 fully saturated rings. The Balaban J connectivity index is 1.69. The Labute approximate surface area is 148 Å². The summed E-state index contributed by atoms with van der Waals surface area (Å²) in [7, 11) is 5.20. The molecule has 0 radical (unpaired) electrons. The number of benzene rings is 2. The minimum atomic E-state index is -0.0351. The van der Waals surface area contributed by atoms with Crippen molar-refractivity contribution in [1.29, 1.82) is 0 Å². The van der Waals surface area contributed by atoms with Crippen LogP contribution in [0.1, 0.15) is 0 Å². The highest BCUT2D eigenvalue weighted by Crippen LogP contribution is 2.16. The van der Waals surface area contributed by atoms with E-state index in [1.165, 1.54) is 0 Å². The zero-order valence-corrected chi connectivity index (χ0v) is 14.9. The number of hydrogen-bond donors (Lipinski definition) is 2. The molecule has 0 bridgehead atoms. The third-order valence-corrected chi connectivity index (χ3v) is 3.69. The number of methoxy groups -OCH3 is 2. The quantitative estimate of drug-likeness (QED) is 0.718. The highest BCUT2D eigenvalue weighted by molar-refractivity contribution is 5.91. The number of carbonyl (C=O) groups excluding carboxylic acids is 1. The van der Waals surface area contributed by atoms with Gasteiger partial charge < -0.3 is 24.4 Å². The van der Waals surface area contributed by atoms with Crippen LogP contribution in [-0.2, 0) is 4.79 Å². The zero-order valence-electron chi connectivity index (χ0n) is 14.9. The summed E-state index contributed by atoms with van der Waals surface area (Å²) in [6.07, 6.45) is 0. The average molecular weight is 345 g/mol. The number of quaternary nitrogens is 1. The number of anilines is 1. The Morgan fingerprint density at radius 1 is 0.920 bits per heavy atom. The van der Waals surface area contributed by atoms with Crippen molar-refractivity contribution < 1.29 is 23.9 Å². The number of hydrogen-bond acceptors (Lipinski definition) is 4. The maximum absolute atomic E-state index is 12.1. The smallest absolute Gasteiger partial charge is 0.279 e. The number of carbonyl (C=O) groups is 1. The van der Waals surface area contributed by atoms with Gasteiger partial charge in [0.2, 0.25) is 0 Å². The van der Waals surface area contributed by atoms with E-state index in [2.05, 4.69) is 5.32 Å². The summed E-state index contributed by atoms with van der Waals surface area (Å²) in [5, 5.41) is 2.87. The number of rotatable bonds is 9. The molecule has 0 aliphatic carbocycles. The summed E-state index contributed by atoms with van der Waals surface area (Å²) >= 11 is 0. The summed E-state index contributed by atoms with van der Waals surface area (Å²) < 4.78 is 15.9. The molecule has 0 spiro atoms. The molecule has 25 heavy (non-hydrogen) atoms. The van der Waals surface area contributed by atoms with Crippen LogP contribution < -0.4 is 24.4 Å². The van der Waals surface area contributed by atoms with Gasteiger partial charge in [0.1, 0.15) is 30.4 Å². The first-order valence-electron chi connectivity index (χ1n) is 8.13. The van der Waals surface area contributed by atoms with Crippen LogP contribution in [0.25, 0.3) is 0 Å². The predicted octanol–water partition coefficient (Wildman–Crippen LogP) is 1.24. The lowest BCUT2D eigenvalue weighted by Gasteiger charge is -2.14. The molecule has 0 saturated carbocycles. The molecule has 0 aromatic heterocycles. The van der Waals surface area contributed by atoms with Gasteiger partial charge in [-0.25, -0.2) is 0 Å². The number of ether oxygens (including phenoxy) is 3. The Bertz CT molecular complexity index is 656. The molecule has 2 aromatic rings. The van der Waals surface area contributed by atoms with Crippen molar-refractivity contribution in [1.82, 2.24) is 0 Å². The molecular formula is C19H25N2O4+. The molecule has 1 unspecified atom stereocenters. The van der Waals surface area contributed by atoms with Crippen molar-refractivity contribution in [3.05, 3.63) is 48.5 Å². The number of amides is 1. The van der Waals surface area contributed by atoms with Gasteiger partial charge in [-0.1, -0.05) is 0 Å². The van der Waals surface area contributed by atoms with Crippen molar-refractivity contribution >= 4 is 11.6 Å². The van der Waals surface area contributed by atoms with E-state index >= 15 is 0 Å². The topological polar surface area (TPSA) is 61.2 Å². The molecule has 1 atom stereocenters. The van der Waals surface area contributed by atoms with Crippen molar-refractivity contribution in [3.8, 4) is 17.2 Å². The van der Waals surface area contributed by atoms with E-state index in [1.54, 1.807) is 14.2 Å². The van der Waals surface area contributed by atoms with Gasteiger partial charge in [0, 0.05) is 5.69 Å².